The zero-order valence-corrected chi connectivity index (χ0v) is 24.6. The summed E-state index contributed by atoms with van der Waals surface area (Å²) >= 11 is 0. The second-order valence-corrected chi connectivity index (χ2v) is 9.19. The van der Waals surface area contributed by atoms with E-state index in [4.69, 9.17) is 9.84 Å². The zero-order valence-electron chi connectivity index (χ0n) is 24.6. The minimum atomic E-state index is -1.05. The molecule has 39 heavy (non-hydrogen) atoms. The summed E-state index contributed by atoms with van der Waals surface area (Å²) < 4.78 is 6.00. The lowest BCUT2D eigenvalue weighted by Crippen LogP contribution is -2.33. The third kappa shape index (κ3) is 17.6. The maximum atomic E-state index is 12.4. The van der Waals surface area contributed by atoms with E-state index in [1.807, 2.05) is 52.0 Å². The van der Waals surface area contributed by atoms with Crippen molar-refractivity contribution in [3.8, 4) is 0 Å². The van der Waals surface area contributed by atoms with E-state index in [9.17, 15) is 14.4 Å². The highest BCUT2D eigenvalue weighted by atomic mass is 16.5. The zero-order chi connectivity index (χ0) is 29.6. The summed E-state index contributed by atoms with van der Waals surface area (Å²) in [7, 11) is 0. The molecule has 0 aromatic heterocycles. The number of allylic oxidation sites excluding steroid dienone is 4. The van der Waals surface area contributed by atoms with Gasteiger partial charge in [0.25, 0.3) is 5.91 Å². The normalized spacial score (nSPS) is 17.2. The summed E-state index contributed by atoms with van der Waals surface area (Å²) in [5.41, 5.74) is 3.41. The Kier molecular flexibility index (Phi) is 19.6. The highest BCUT2D eigenvalue weighted by Crippen LogP contribution is 2.29. The van der Waals surface area contributed by atoms with Gasteiger partial charge in [0.1, 0.15) is 6.54 Å². The lowest BCUT2D eigenvalue weighted by Gasteiger charge is -2.29. The van der Waals surface area contributed by atoms with Crippen molar-refractivity contribution in [2.24, 2.45) is 5.92 Å². The fourth-order valence-corrected chi connectivity index (χ4v) is 3.77. The molecule has 1 fully saturated rings. The number of hydrogen-bond donors (Lipinski definition) is 3. The highest BCUT2D eigenvalue weighted by Gasteiger charge is 2.25. The minimum absolute atomic E-state index is 0.00683. The fourth-order valence-electron chi connectivity index (χ4n) is 3.77. The van der Waals surface area contributed by atoms with E-state index in [1.165, 1.54) is 5.56 Å². The number of carbonyl (C=O) groups is 3. The van der Waals surface area contributed by atoms with Gasteiger partial charge < -0.3 is 20.5 Å². The monoisotopic (exact) mass is 540 g/mol. The van der Waals surface area contributed by atoms with Gasteiger partial charge in [-0.3, -0.25) is 14.4 Å². The van der Waals surface area contributed by atoms with Gasteiger partial charge in [-0.05, 0) is 59.0 Å². The predicted octanol–water partition coefficient (Wildman–Crippen LogP) is 6.27. The van der Waals surface area contributed by atoms with Gasteiger partial charge in [0.05, 0.1) is 12.7 Å². The Balaban J connectivity index is 0.00000136. The van der Waals surface area contributed by atoms with Gasteiger partial charge in [0.15, 0.2) is 0 Å². The average molecular weight is 541 g/mol. The molecule has 2 amide bonds. The quantitative estimate of drug-likeness (QED) is 0.227. The summed E-state index contributed by atoms with van der Waals surface area (Å²) in [6, 6.07) is 10.3. The fraction of sp³-hybridized carbons (Fsp3) is 0.469. The van der Waals surface area contributed by atoms with E-state index in [0.717, 1.165) is 31.3 Å². The molecule has 1 aromatic rings. The van der Waals surface area contributed by atoms with Crippen LogP contribution in [-0.4, -0.2) is 42.1 Å². The Bertz CT molecular complexity index is 980. The van der Waals surface area contributed by atoms with Gasteiger partial charge in [-0.2, -0.15) is 0 Å². The Morgan fingerprint density at radius 1 is 1.08 bits per heavy atom. The Morgan fingerprint density at radius 2 is 1.74 bits per heavy atom. The number of aryl methyl sites for hydroxylation is 1. The third-order valence-corrected chi connectivity index (χ3v) is 5.80. The molecule has 0 aliphatic heterocycles. The third-order valence-electron chi connectivity index (χ3n) is 5.80. The van der Waals surface area contributed by atoms with E-state index >= 15 is 0 Å². The van der Waals surface area contributed by atoms with Gasteiger partial charge >= 0.3 is 5.97 Å². The molecular formula is C32H48N2O5. The van der Waals surface area contributed by atoms with Crippen LogP contribution in [0.25, 0.3) is 0 Å². The van der Waals surface area contributed by atoms with Crippen molar-refractivity contribution in [1.82, 2.24) is 10.6 Å². The van der Waals surface area contributed by atoms with Crippen LogP contribution in [0.1, 0.15) is 72.3 Å². The molecule has 2 rings (SSSR count). The Hall–Kier alpha value is -3.45. The second-order valence-electron chi connectivity index (χ2n) is 9.19. The lowest BCUT2D eigenvalue weighted by molar-refractivity contribution is -0.138. The van der Waals surface area contributed by atoms with Crippen LogP contribution < -0.4 is 10.6 Å². The number of carbonyl (C=O) groups excluding carboxylic acids is 2. The molecule has 1 saturated carbocycles. The van der Waals surface area contributed by atoms with Gasteiger partial charge in [-0.15, -0.1) is 0 Å². The smallest absolute Gasteiger partial charge is 0.322 e. The van der Waals surface area contributed by atoms with Gasteiger partial charge in [-0.25, -0.2) is 0 Å². The van der Waals surface area contributed by atoms with Gasteiger partial charge in [0, 0.05) is 17.7 Å². The summed E-state index contributed by atoms with van der Waals surface area (Å²) in [6.07, 6.45) is 10.9. The van der Waals surface area contributed by atoms with E-state index in [-0.39, 0.29) is 37.0 Å². The number of carboxylic acids is 1. The average Bonchev–Trinajstić information content (AvgIpc) is 2.92. The molecule has 1 aliphatic rings. The summed E-state index contributed by atoms with van der Waals surface area (Å²) in [5, 5.41) is 13.9. The molecule has 0 bridgehead atoms. The molecule has 2 unspecified atom stereocenters. The first kappa shape index (κ1) is 35.5. The number of benzene rings is 1. The van der Waals surface area contributed by atoms with E-state index in [0.29, 0.717) is 17.7 Å². The first-order chi connectivity index (χ1) is 18.6. The van der Waals surface area contributed by atoms with Crippen molar-refractivity contribution in [1.29, 1.82) is 0 Å². The van der Waals surface area contributed by atoms with Crippen LogP contribution in [0.5, 0.6) is 0 Å². The van der Waals surface area contributed by atoms with Crippen molar-refractivity contribution >= 4 is 17.8 Å². The number of hydrogen-bond acceptors (Lipinski definition) is 4. The Labute approximate surface area is 235 Å². The standard InChI is InChI=1S/C23H34N2O5.C7H8.C2H6/c1-5-18(11-10-16(3)4)23(29)25-19(6-2)15-30-20-9-7-8-17(12-20)13-21(26)24-14-22(27)28;1-7-5-3-2-4-6-7;1-2/h5-6,10-11,17,20H,3,7-9,12-15H2,1-2,4H3,(H,24,26)(H,25,29)(H,27,28);2-6H,1H3;1-2H3/b11-10-,18-5+,19-6+;;. The molecule has 216 valence electrons. The van der Waals surface area contributed by atoms with Crippen LogP contribution in [0.15, 0.2) is 78.1 Å². The number of ether oxygens (including phenoxy) is 1. The molecule has 0 spiro atoms. The van der Waals surface area contributed by atoms with E-state index in [1.54, 1.807) is 25.2 Å². The first-order valence-corrected chi connectivity index (χ1v) is 13.7. The van der Waals surface area contributed by atoms with E-state index in [2.05, 4.69) is 36.3 Å². The molecule has 2 atom stereocenters. The molecule has 0 heterocycles. The van der Waals surface area contributed by atoms with Crippen molar-refractivity contribution in [3.05, 3.63) is 83.6 Å². The van der Waals surface area contributed by atoms with Crippen LogP contribution in [0.3, 0.4) is 0 Å². The molecular weight excluding hydrogens is 492 g/mol. The minimum Gasteiger partial charge on any atom is -0.480 e. The number of aliphatic carboxylic acids is 1. The summed E-state index contributed by atoms with van der Waals surface area (Å²) in [5.74, 6) is -1.33. The van der Waals surface area contributed by atoms with Crippen LogP contribution in [0.2, 0.25) is 0 Å². The van der Waals surface area contributed by atoms with Crippen LogP contribution in [-0.2, 0) is 19.1 Å². The Morgan fingerprint density at radius 3 is 2.26 bits per heavy atom. The van der Waals surface area contributed by atoms with E-state index < -0.39 is 5.97 Å². The molecule has 1 aromatic carbocycles. The van der Waals surface area contributed by atoms with Gasteiger partial charge in [0.2, 0.25) is 5.91 Å². The van der Waals surface area contributed by atoms with Crippen molar-refractivity contribution in [3.63, 3.8) is 0 Å². The molecule has 0 radical (unpaired) electrons. The topological polar surface area (TPSA) is 105 Å². The van der Waals surface area contributed by atoms with Crippen LogP contribution >= 0.6 is 0 Å². The molecule has 1 aliphatic carbocycles. The maximum absolute atomic E-state index is 12.4. The first-order valence-electron chi connectivity index (χ1n) is 13.7. The molecule has 7 heteroatoms. The predicted molar refractivity (Wildman–Crippen MR) is 159 cm³/mol. The largest absolute Gasteiger partial charge is 0.480 e. The van der Waals surface area contributed by atoms with Crippen molar-refractivity contribution < 1.29 is 24.2 Å². The lowest BCUT2D eigenvalue weighted by atomic mass is 9.85. The number of carboxylic acid groups (broad SMARTS) is 1. The number of rotatable bonds is 11. The van der Waals surface area contributed by atoms with Crippen LogP contribution in [0, 0.1) is 12.8 Å². The van der Waals surface area contributed by atoms with Crippen molar-refractivity contribution in [2.75, 3.05) is 13.2 Å². The highest BCUT2D eigenvalue weighted by molar-refractivity contribution is 5.97. The SMILES string of the molecule is C=C(C)/C=C\C(=C/C)C(=O)N/C(=C/C)COC1CCCC(CC(=O)NCC(=O)O)C1.CC.Cc1ccccc1. The molecule has 7 nitrogen and oxygen atoms in total. The second kappa shape index (κ2) is 21.5. The number of amides is 2. The summed E-state index contributed by atoms with van der Waals surface area (Å²) in [4.78, 5) is 34.9. The summed E-state index contributed by atoms with van der Waals surface area (Å²) in [6.45, 7) is 15.3. The molecule has 0 saturated heterocycles. The van der Waals surface area contributed by atoms with Crippen molar-refractivity contribution in [2.45, 2.75) is 79.8 Å². The molecule has 3 N–H and O–H groups in total. The van der Waals surface area contributed by atoms with Crippen LogP contribution in [0.4, 0.5) is 0 Å². The number of nitrogens with one attached hydrogen (secondary N) is 2. The van der Waals surface area contributed by atoms with Gasteiger partial charge in [-0.1, -0.05) is 86.5 Å². The maximum Gasteiger partial charge on any atom is 0.322 e.